The first-order chi connectivity index (χ1) is 12.5. The SMILES string of the molecule is COc1cccc(S(=O)(=O)NC2CCC(Oc3ccc(Cl)cn3)CC2)c1. The van der Waals surface area contributed by atoms with Gasteiger partial charge in [0.25, 0.3) is 0 Å². The van der Waals surface area contributed by atoms with Crippen LogP contribution in [0.1, 0.15) is 25.7 Å². The summed E-state index contributed by atoms with van der Waals surface area (Å²) in [7, 11) is -2.06. The minimum Gasteiger partial charge on any atom is -0.497 e. The van der Waals surface area contributed by atoms with Gasteiger partial charge in [0.1, 0.15) is 11.9 Å². The number of sulfonamides is 1. The van der Waals surface area contributed by atoms with Gasteiger partial charge >= 0.3 is 0 Å². The minimum atomic E-state index is -3.57. The summed E-state index contributed by atoms with van der Waals surface area (Å²) >= 11 is 5.81. The molecule has 140 valence electrons. The first-order valence-electron chi connectivity index (χ1n) is 8.41. The Balaban J connectivity index is 1.55. The highest BCUT2D eigenvalue weighted by Crippen LogP contribution is 2.25. The van der Waals surface area contributed by atoms with E-state index in [1.807, 2.05) is 0 Å². The summed E-state index contributed by atoms with van der Waals surface area (Å²) in [6, 6.07) is 9.82. The van der Waals surface area contributed by atoms with Crippen LogP contribution in [0.2, 0.25) is 5.02 Å². The van der Waals surface area contributed by atoms with E-state index in [-0.39, 0.29) is 17.0 Å². The summed E-state index contributed by atoms with van der Waals surface area (Å²) in [5, 5.41) is 0.563. The molecular formula is C18H21ClN2O4S. The van der Waals surface area contributed by atoms with Crippen LogP contribution in [0, 0.1) is 0 Å². The fourth-order valence-electron chi connectivity index (χ4n) is 2.96. The Morgan fingerprint density at radius 3 is 2.58 bits per heavy atom. The largest absolute Gasteiger partial charge is 0.497 e. The average Bonchev–Trinajstić information content (AvgIpc) is 2.65. The number of nitrogens with one attached hydrogen (secondary N) is 1. The van der Waals surface area contributed by atoms with Gasteiger partial charge in [0.2, 0.25) is 15.9 Å². The molecule has 0 saturated heterocycles. The van der Waals surface area contributed by atoms with Crippen molar-refractivity contribution in [3.05, 3.63) is 47.6 Å². The summed E-state index contributed by atoms with van der Waals surface area (Å²) < 4.78 is 38.8. The van der Waals surface area contributed by atoms with Crippen LogP contribution in [0.25, 0.3) is 0 Å². The van der Waals surface area contributed by atoms with Gasteiger partial charge in [0.15, 0.2) is 0 Å². The zero-order valence-electron chi connectivity index (χ0n) is 14.4. The third-order valence-corrected chi connectivity index (χ3v) is 6.08. The number of nitrogens with zero attached hydrogens (tertiary/aromatic N) is 1. The monoisotopic (exact) mass is 396 g/mol. The highest BCUT2D eigenvalue weighted by molar-refractivity contribution is 7.89. The van der Waals surface area contributed by atoms with E-state index in [9.17, 15) is 8.42 Å². The van der Waals surface area contributed by atoms with Crippen LogP contribution in [0.5, 0.6) is 11.6 Å². The van der Waals surface area contributed by atoms with E-state index in [1.165, 1.54) is 13.2 Å². The molecule has 0 radical (unpaired) electrons. The lowest BCUT2D eigenvalue weighted by Gasteiger charge is -2.29. The Hall–Kier alpha value is -1.83. The van der Waals surface area contributed by atoms with E-state index in [0.29, 0.717) is 29.5 Å². The van der Waals surface area contributed by atoms with E-state index in [1.54, 1.807) is 36.5 Å². The second kappa shape index (κ2) is 8.24. The van der Waals surface area contributed by atoms with Crippen molar-refractivity contribution in [1.29, 1.82) is 0 Å². The molecule has 1 aromatic heterocycles. The number of pyridine rings is 1. The zero-order chi connectivity index (χ0) is 18.6. The second-order valence-electron chi connectivity index (χ2n) is 6.21. The second-order valence-corrected chi connectivity index (χ2v) is 8.36. The topological polar surface area (TPSA) is 77.5 Å². The van der Waals surface area contributed by atoms with Gasteiger partial charge in [-0.25, -0.2) is 18.1 Å². The molecule has 26 heavy (non-hydrogen) atoms. The summed E-state index contributed by atoms with van der Waals surface area (Å²) in [5.74, 6) is 1.05. The number of methoxy groups -OCH3 is 1. The van der Waals surface area contributed by atoms with Gasteiger partial charge in [0, 0.05) is 24.4 Å². The number of rotatable bonds is 6. The molecule has 0 spiro atoms. The molecule has 0 atom stereocenters. The molecule has 1 saturated carbocycles. The Morgan fingerprint density at radius 1 is 1.15 bits per heavy atom. The van der Waals surface area contributed by atoms with Crippen molar-refractivity contribution < 1.29 is 17.9 Å². The van der Waals surface area contributed by atoms with Crippen molar-refractivity contribution in [2.75, 3.05) is 7.11 Å². The molecule has 0 unspecified atom stereocenters. The molecule has 1 aliphatic rings. The summed E-state index contributed by atoms with van der Waals surface area (Å²) in [6.45, 7) is 0. The quantitative estimate of drug-likeness (QED) is 0.809. The van der Waals surface area contributed by atoms with Crippen LogP contribution in [0.15, 0.2) is 47.5 Å². The average molecular weight is 397 g/mol. The van der Waals surface area contributed by atoms with Gasteiger partial charge in [-0.2, -0.15) is 0 Å². The van der Waals surface area contributed by atoms with Gasteiger partial charge in [0.05, 0.1) is 17.0 Å². The van der Waals surface area contributed by atoms with Gasteiger partial charge in [-0.1, -0.05) is 17.7 Å². The number of aromatic nitrogens is 1. The number of halogens is 1. The van der Waals surface area contributed by atoms with Gasteiger partial charge in [-0.05, 0) is 43.9 Å². The van der Waals surface area contributed by atoms with E-state index < -0.39 is 10.0 Å². The molecule has 1 N–H and O–H groups in total. The van der Waals surface area contributed by atoms with Crippen LogP contribution in [-0.2, 0) is 10.0 Å². The zero-order valence-corrected chi connectivity index (χ0v) is 16.0. The maximum absolute atomic E-state index is 12.6. The molecule has 1 aliphatic carbocycles. The highest BCUT2D eigenvalue weighted by atomic mass is 35.5. The highest BCUT2D eigenvalue weighted by Gasteiger charge is 2.27. The number of hydrogen-bond donors (Lipinski definition) is 1. The summed E-state index contributed by atoms with van der Waals surface area (Å²) in [6.07, 6.45) is 4.51. The van der Waals surface area contributed by atoms with E-state index >= 15 is 0 Å². The molecule has 0 aliphatic heterocycles. The third kappa shape index (κ3) is 4.87. The number of hydrogen-bond acceptors (Lipinski definition) is 5. The van der Waals surface area contributed by atoms with Gasteiger partial charge in [-0.15, -0.1) is 0 Å². The first kappa shape index (κ1) is 18.9. The fraction of sp³-hybridized carbons (Fsp3) is 0.389. The summed E-state index contributed by atoms with van der Waals surface area (Å²) in [5.41, 5.74) is 0. The van der Waals surface area contributed by atoms with Crippen LogP contribution >= 0.6 is 11.6 Å². The molecule has 1 fully saturated rings. The lowest BCUT2D eigenvalue weighted by atomic mass is 9.94. The smallest absolute Gasteiger partial charge is 0.240 e. The van der Waals surface area contributed by atoms with Gasteiger partial charge in [-0.3, -0.25) is 0 Å². The van der Waals surface area contributed by atoms with Crippen molar-refractivity contribution in [3.63, 3.8) is 0 Å². The Morgan fingerprint density at radius 2 is 1.92 bits per heavy atom. The predicted octanol–water partition coefficient (Wildman–Crippen LogP) is 3.41. The van der Waals surface area contributed by atoms with Crippen molar-refractivity contribution >= 4 is 21.6 Å². The molecule has 0 amide bonds. The van der Waals surface area contributed by atoms with Crippen molar-refractivity contribution in [3.8, 4) is 11.6 Å². The van der Waals surface area contributed by atoms with Crippen molar-refractivity contribution in [1.82, 2.24) is 9.71 Å². The van der Waals surface area contributed by atoms with E-state index in [0.717, 1.165) is 12.8 Å². The molecule has 2 aromatic rings. The summed E-state index contributed by atoms with van der Waals surface area (Å²) in [4.78, 5) is 4.34. The van der Waals surface area contributed by atoms with E-state index in [2.05, 4.69) is 9.71 Å². The molecule has 8 heteroatoms. The molecule has 1 heterocycles. The maximum Gasteiger partial charge on any atom is 0.240 e. The molecule has 1 aromatic carbocycles. The number of ether oxygens (including phenoxy) is 2. The number of benzene rings is 1. The lowest BCUT2D eigenvalue weighted by molar-refractivity contribution is 0.138. The third-order valence-electron chi connectivity index (χ3n) is 4.34. The molecule has 6 nitrogen and oxygen atoms in total. The van der Waals surface area contributed by atoms with Crippen LogP contribution in [0.3, 0.4) is 0 Å². The molecular weight excluding hydrogens is 376 g/mol. The van der Waals surface area contributed by atoms with Crippen LogP contribution in [-0.4, -0.2) is 32.7 Å². The standard InChI is InChI=1S/C18H21ClN2O4S/c1-24-16-3-2-4-17(11-16)26(22,23)21-14-6-8-15(9-7-14)25-18-10-5-13(19)12-20-18/h2-5,10-12,14-15,21H,6-9H2,1H3. The van der Waals surface area contributed by atoms with Gasteiger partial charge < -0.3 is 9.47 Å². The van der Waals surface area contributed by atoms with Crippen molar-refractivity contribution in [2.45, 2.75) is 42.7 Å². The fourth-order valence-corrected chi connectivity index (χ4v) is 4.41. The van der Waals surface area contributed by atoms with Crippen LogP contribution < -0.4 is 14.2 Å². The van der Waals surface area contributed by atoms with Crippen molar-refractivity contribution in [2.24, 2.45) is 0 Å². The Bertz CT molecular complexity index is 835. The molecule has 3 rings (SSSR count). The Labute approximate surface area is 158 Å². The first-order valence-corrected chi connectivity index (χ1v) is 10.3. The minimum absolute atomic E-state index is 0.0289. The maximum atomic E-state index is 12.6. The lowest BCUT2D eigenvalue weighted by Crippen LogP contribution is -2.39. The van der Waals surface area contributed by atoms with Crippen LogP contribution in [0.4, 0.5) is 0 Å². The van der Waals surface area contributed by atoms with E-state index in [4.69, 9.17) is 21.1 Å². The Kier molecular flexibility index (Phi) is 6.01. The predicted molar refractivity (Wildman–Crippen MR) is 99.2 cm³/mol. The normalized spacial score (nSPS) is 20.5. The molecule has 0 bridgehead atoms.